The highest BCUT2D eigenvalue weighted by Crippen LogP contribution is 2.26. The van der Waals surface area contributed by atoms with Gasteiger partial charge < -0.3 is 5.32 Å². The molecule has 1 rings (SSSR count). The molecule has 5 heteroatoms. The van der Waals surface area contributed by atoms with Crippen LogP contribution in [0.5, 0.6) is 0 Å². The zero-order chi connectivity index (χ0) is 13.7. The fourth-order valence-electron chi connectivity index (χ4n) is 1.92. The summed E-state index contributed by atoms with van der Waals surface area (Å²) < 4.78 is 0. The number of nitrogens with one attached hydrogen (secondary N) is 1. The number of nitrogens with zero attached hydrogens (tertiary/aromatic N) is 2. The molecule has 1 aromatic carbocycles. The average Bonchev–Trinajstić information content (AvgIpc) is 2.37. The Kier molecular flexibility index (Phi) is 4.81. The summed E-state index contributed by atoms with van der Waals surface area (Å²) in [5.74, 6) is 0.125. The van der Waals surface area contributed by atoms with E-state index in [1.54, 1.807) is 6.07 Å². The van der Waals surface area contributed by atoms with E-state index in [9.17, 15) is 10.1 Å². The minimum absolute atomic E-state index is 0.0430. The fourth-order valence-corrected chi connectivity index (χ4v) is 1.92. The second-order valence-corrected chi connectivity index (χ2v) is 4.28. The van der Waals surface area contributed by atoms with Crippen LogP contribution in [0.15, 0.2) is 18.2 Å². The van der Waals surface area contributed by atoms with E-state index in [4.69, 9.17) is 5.26 Å². The summed E-state index contributed by atoms with van der Waals surface area (Å²) in [7, 11) is 0. The lowest BCUT2D eigenvalue weighted by Gasteiger charge is -2.21. The maximum absolute atomic E-state index is 10.7. The Morgan fingerprint density at radius 1 is 1.50 bits per heavy atom. The van der Waals surface area contributed by atoms with Gasteiger partial charge in [-0.2, -0.15) is 5.26 Å². The highest BCUT2D eigenvalue weighted by molar-refractivity contribution is 5.48. The van der Waals surface area contributed by atoms with Crippen molar-refractivity contribution in [3.63, 3.8) is 0 Å². The molecule has 0 amide bonds. The van der Waals surface area contributed by atoms with E-state index < -0.39 is 4.92 Å². The minimum atomic E-state index is -0.483. The SMILES string of the molecule is CCNC(C)C(C)c1ccc([N+](=O)[O-])cc1C#N. The average molecular weight is 247 g/mol. The van der Waals surface area contributed by atoms with Crippen LogP contribution in [-0.4, -0.2) is 17.5 Å². The molecular weight excluding hydrogens is 230 g/mol. The van der Waals surface area contributed by atoms with Crippen LogP contribution in [0, 0.1) is 21.4 Å². The van der Waals surface area contributed by atoms with Gasteiger partial charge in [-0.05, 0) is 24.9 Å². The molecule has 0 aliphatic carbocycles. The molecule has 0 aliphatic rings. The van der Waals surface area contributed by atoms with Crippen molar-refractivity contribution in [2.75, 3.05) is 6.54 Å². The van der Waals surface area contributed by atoms with Crippen LogP contribution in [0.25, 0.3) is 0 Å². The van der Waals surface area contributed by atoms with Crippen LogP contribution >= 0.6 is 0 Å². The summed E-state index contributed by atoms with van der Waals surface area (Å²) in [5, 5.41) is 23.1. The van der Waals surface area contributed by atoms with Crippen molar-refractivity contribution in [2.45, 2.75) is 32.7 Å². The second kappa shape index (κ2) is 6.12. The van der Waals surface area contributed by atoms with Gasteiger partial charge in [0.15, 0.2) is 0 Å². The van der Waals surface area contributed by atoms with Gasteiger partial charge in [-0.25, -0.2) is 0 Å². The van der Waals surface area contributed by atoms with Crippen molar-refractivity contribution >= 4 is 5.69 Å². The number of non-ortho nitro benzene ring substituents is 1. The largest absolute Gasteiger partial charge is 0.314 e. The molecular formula is C13H17N3O2. The normalized spacial score (nSPS) is 13.7. The summed E-state index contributed by atoms with van der Waals surface area (Å²) in [4.78, 5) is 10.2. The first-order valence-corrected chi connectivity index (χ1v) is 5.93. The topological polar surface area (TPSA) is 79.0 Å². The van der Waals surface area contributed by atoms with Crippen LogP contribution in [0.3, 0.4) is 0 Å². The molecule has 96 valence electrons. The van der Waals surface area contributed by atoms with E-state index in [0.717, 1.165) is 12.1 Å². The summed E-state index contributed by atoms with van der Waals surface area (Å²) in [6.07, 6.45) is 0. The van der Waals surface area contributed by atoms with Gasteiger partial charge in [0.2, 0.25) is 0 Å². The Labute approximate surface area is 107 Å². The molecule has 0 saturated heterocycles. The summed E-state index contributed by atoms with van der Waals surface area (Å²) in [5.41, 5.74) is 1.18. The molecule has 18 heavy (non-hydrogen) atoms. The number of nitro groups is 1. The van der Waals surface area contributed by atoms with Crippen LogP contribution in [0.2, 0.25) is 0 Å². The Bertz CT molecular complexity index is 480. The van der Waals surface area contributed by atoms with Gasteiger partial charge in [0.25, 0.3) is 5.69 Å². The third-order valence-electron chi connectivity index (χ3n) is 3.13. The number of hydrogen-bond donors (Lipinski definition) is 1. The second-order valence-electron chi connectivity index (χ2n) is 4.28. The van der Waals surface area contributed by atoms with Crippen molar-refractivity contribution in [3.05, 3.63) is 39.4 Å². The van der Waals surface area contributed by atoms with Gasteiger partial charge >= 0.3 is 0 Å². The molecule has 2 atom stereocenters. The molecule has 2 unspecified atom stereocenters. The quantitative estimate of drug-likeness (QED) is 0.640. The van der Waals surface area contributed by atoms with Crippen molar-refractivity contribution in [1.82, 2.24) is 5.32 Å². The van der Waals surface area contributed by atoms with Crippen molar-refractivity contribution in [2.24, 2.45) is 0 Å². The highest BCUT2D eigenvalue weighted by atomic mass is 16.6. The van der Waals surface area contributed by atoms with Crippen LogP contribution < -0.4 is 5.32 Å². The standard InChI is InChI=1S/C13H17N3O2/c1-4-15-10(3)9(2)13-6-5-12(16(17)18)7-11(13)8-14/h5-7,9-10,15H,4H2,1-3H3. The molecule has 0 fully saturated rings. The highest BCUT2D eigenvalue weighted by Gasteiger charge is 2.19. The molecule has 1 aromatic rings. The number of likely N-dealkylation sites (N-methyl/N-ethyl adjacent to an activating group) is 1. The maximum atomic E-state index is 10.7. The number of hydrogen-bond acceptors (Lipinski definition) is 4. The fraction of sp³-hybridized carbons (Fsp3) is 0.462. The van der Waals surface area contributed by atoms with Gasteiger partial charge in [-0.3, -0.25) is 10.1 Å². The number of benzene rings is 1. The van der Waals surface area contributed by atoms with E-state index in [1.807, 2.05) is 26.8 Å². The summed E-state index contributed by atoms with van der Waals surface area (Å²) >= 11 is 0. The van der Waals surface area contributed by atoms with E-state index in [1.165, 1.54) is 12.1 Å². The molecule has 5 nitrogen and oxygen atoms in total. The Balaban J connectivity index is 3.10. The molecule has 1 N–H and O–H groups in total. The number of nitro benzene ring substituents is 1. The Hall–Kier alpha value is -1.93. The Morgan fingerprint density at radius 3 is 2.67 bits per heavy atom. The van der Waals surface area contributed by atoms with E-state index in [2.05, 4.69) is 5.32 Å². The van der Waals surface area contributed by atoms with E-state index in [0.29, 0.717) is 5.56 Å². The lowest BCUT2D eigenvalue weighted by atomic mass is 9.90. The first-order valence-electron chi connectivity index (χ1n) is 5.93. The molecule has 0 heterocycles. The zero-order valence-electron chi connectivity index (χ0n) is 10.8. The molecule has 0 spiro atoms. The molecule has 0 aliphatic heterocycles. The number of nitriles is 1. The Morgan fingerprint density at radius 2 is 2.17 bits per heavy atom. The summed E-state index contributed by atoms with van der Waals surface area (Å²) in [6, 6.07) is 6.71. The monoisotopic (exact) mass is 247 g/mol. The minimum Gasteiger partial charge on any atom is -0.314 e. The van der Waals surface area contributed by atoms with Crippen molar-refractivity contribution in [3.8, 4) is 6.07 Å². The molecule has 0 bridgehead atoms. The van der Waals surface area contributed by atoms with E-state index in [-0.39, 0.29) is 17.6 Å². The van der Waals surface area contributed by atoms with Gasteiger partial charge in [0.05, 0.1) is 16.6 Å². The van der Waals surface area contributed by atoms with Crippen LogP contribution in [0.1, 0.15) is 37.8 Å². The third-order valence-corrected chi connectivity index (χ3v) is 3.13. The van der Waals surface area contributed by atoms with Crippen LogP contribution in [0.4, 0.5) is 5.69 Å². The molecule has 0 aromatic heterocycles. The van der Waals surface area contributed by atoms with Crippen molar-refractivity contribution in [1.29, 1.82) is 5.26 Å². The smallest absolute Gasteiger partial charge is 0.270 e. The number of rotatable bonds is 5. The molecule has 0 saturated carbocycles. The molecule has 0 radical (unpaired) electrons. The lowest BCUT2D eigenvalue weighted by molar-refractivity contribution is -0.384. The van der Waals surface area contributed by atoms with Gasteiger partial charge in [0.1, 0.15) is 0 Å². The predicted octanol–water partition coefficient (Wildman–Crippen LogP) is 2.57. The van der Waals surface area contributed by atoms with E-state index >= 15 is 0 Å². The van der Waals surface area contributed by atoms with Gasteiger partial charge in [0, 0.05) is 18.2 Å². The third kappa shape index (κ3) is 3.05. The van der Waals surface area contributed by atoms with Crippen molar-refractivity contribution < 1.29 is 4.92 Å². The summed E-state index contributed by atoms with van der Waals surface area (Å²) in [6.45, 7) is 6.91. The first-order chi connectivity index (χ1) is 8.51. The first kappa shape index (κ1) is 14.1. The van der Waals surface area contributed by atoms with Gasteiger partial charge in [-0.15, -0.1) is 0 Å². The zero-order valence-corrected chi connectivity index (χ0v) is 10.8. The van der Waals surface area contributed by atoms with Crippen LogP contribution in [-0.2, 0) is 0 Å². The maximum Gasteiger partial charge on any atom is 0.270 e. The van der Waals surface area contributed by atoms with Gasteiger partial charge in [-0.1, -0.05) is 19.9 Å². The predicted molar refractivity (Wildman–Crippen MR) is 69.4 cm³/mol. The lowest BCUT2D eigenvalue weighted by Crippen LogP contribution is -2.30.